The topological polar surface area (TPSA) is 89.3 Å². The number of nitro benzene ring substituents is 1. The van der Waals surface area contributed by atoms with Gasteiger partial charge in [0.2, 0.25) is 0 Å². The van der Waals surface area contributed by atoms with E-state index >= 15 is 0 Å². The number of nitro groups is 1. The molecule has 3 rings (SSSR count). The fourth-order valence-corrected chi connectivity index (χ4v) is 2.55. The molecule has 0 aliphatic heterocycles. The molecule has 0 aliphatic carbocycles. The summed E-state index contributed by atoms with van der Waals surface area (Å²) in [5.74, 6) is -0.572. The summed E-state index contributed by atoms with van der Waals surface area (Å²) in [6, 6.07) is 21.4. The molecule has 0 bridgehead atoms. The highest BCUT2D eigenvalue weighted by Crippen LogP contribution is 2.17. The van der Waals surface area contributed by atoms with Crippen molar-refractivity contribution in [1.82, 2.24) is 0 Å². The van der Waals surface area contributed by atoms with E-state index in [2.05, 4.69) is 5.32 Å². The quantitative estimate of drug-likeness (QED) is 0.293. The minimum absolute atomic E-state index is 0.119. The second-order valence-corrected chi connectivity index (χ2v) is 5.95. The summed E-state index contributed by atoms with van der Waals surface area (Å²) in [4.78, 5) is 34.8. The Morgan fingerprint density at radius 2 is 1.57 bits per heavy atom. The molecular weight excluding hydrogens is 356 g/mol. The lowest BCUT2D eigenvalue weighted by molar-refractivity contribution is -0.384. The van der Waals surface area contributed by atoms with Gasteiger partial charge in [-0.15, -0.1) is 0 Å². The summed E-state index contributed by atoms with van der Waals surface area (Å²) in [5.41, 5.74) is 1.89. The number of anilines is 1. The van der Waals surface area contributed by atoms with Gasteiger partial charge in [0.1, 0.15) is 0 Å². The molecular formula is C22H16N2O4. The number of carbonyl (C=O) groups excluding carboxylic acids is 2. The van der Waals surface area contributed by atoms with E-state index in [1.807, 2.05) is 6.07 Å². The molecule has 28 heavy (non-hydrogen) atoms. The molecule has 0 heterocycles. The summed E-state index contributed by atoms with van der Waals surface area (Å²) in [7, 11) is 0. The van der Waals surface area contributed by atoms with Crippen molar-refractivity contribution >= 4 is 29.1 Å². The second kappa shape index (κ2) is 8.55. The van der Waals surface area contributed by atoms with E-state index < -0.39 is 10.8 Å². The lowest BCUT2D eigenvalue weighted by Gasteiger charge is -2.06. The molecule has 0 saturated heterocycles. The van der Waals surface area contributed by atoms with Crippen molar-refractivity contribution in [3.8, 4) is 0 Å². The van der Waals surface area contributed by atoms with Crippen LogP contribution in [-0.2, 0) is 0 Å². The molecule has 138 valence electrons. The Balaban J connectivity index is 1.72. The number of non-ortho nitro benzene ring substituents is 1. The molecule has 6 heteroatoms. The standard InChI is InChI=1S/C22H16N2O4/c25-21(17-7-2-1-3-8-17)13-12-16-6-4-10-19(14-16)23-22(26)18-9-5-11-20(15-18)24(27)28/h1-15H,(H,23,26)/b13-12+. The highest BCUT2D eigenvalue weighted by atomic mass is 16.6. The van der Waals surface area contributed by atoms with E-state index in [-0.39, 0.29) is 17.0 Å². The number of nitrogens with zero attached hydrogens (tertiary/aromatic N) is 1. The maximum Gasteiger partial charge on any atom is 0.270 e. The Morgan fingerprint density at radius 3 is 2.32 bits per heavy atom. The first-order valence-electron chi connectivity index (χ1n) is 8.46. The number of carbonyl (C=O) groups is 2. The number of amides is 1. The van der Waals surface area contributed by atoms with Crippen molar-refractivity contribution in [3.05, 3.63) is 112 Å². The van der Waals surface area contributed by atoms with Crippen LogP contribution < -0.4 is 5.32 Å². The highest BCUT2D eigenvalue weighted by molar-refractivity contribution is 6.07. The lowest BCUT2D eigenvalue weighted by Crippen LogP contribution is -2.12. The van der Waals surface area contributed by atoms with Crippen LogP contribution in [0.1, 0.15) is 26.3 Å². The molecule has 0 radical (unpaired) electrons. The number of ketones is 1. The summed E-state index contributed by atoms with van der Waals surface area (Å²) in [5, 5.41) is 13.6. The molecule has 0 saturated carbocycles. The van der Waals surface area contributed by atoms with E-state index in [0.717, 1.165) is 5.56 Å². The number of allylic oxidation sites excluding steroid dienone is 1. The molecule has 0 spiro atoms. The second-order valence-electron chi connectivity index (χ2n) is 5.95. The third-order valence-corrected chi connectivity index (χ3v) is 3.95. The minimum Gasteiger partial charge on any atom is -0.322 e. The van der Waals surface area contributed by atoms with Gasteiger partial charge in [-0.3, -0.25) is 19.7 Å². The molecule has 0 aliphatic rings. The predicted octanol–water partition coefficient (Wildman–Crippen LogP) is 4.74. The van der Waals surface area contributed by atoms with Gasteiger partial charge in [0.25, 0.3) is 11.6 Å². The van der Waals surface area contributed by atoms with Crippen LogP contribution >= 0.6 is 0 Å². The first kappa shape index (κ1) is 18.7. The lowest BCUT2D eigenvalue weighted by atomic mass is 10.1. The molecule has 0 fully saturated rings. The normalized spacial score (nSPS) is 10.6. The van der Waals surface area contributed by atoms with Gasteiger partial charge in [-0.1, -0.05) is 54.6 Å². The Labute approximate surface area is 161 Å². The van der Waals surface area contributed by atoms with Gasteiger partial charge in [-0.2, -0.15) is 0 Å². The number of hydrogen-bond acceptors (Lipinski definition) is 4. The average molecular weight is 372 g/mol. The number of hydrogen-bond donors (Lipinski definition) is 1. The monoisotopic (exact) mass is 372 g/mol. The Hall–Kier alpha value is -4.06. The summed E-state index contributed by atoms with van der Waals surface area (Å²) >= 11 is 0. The summed E-state index contributed by atoms with van der Waals surface area (Å²) < 4.78 is 0. The molecule has 0 atom stereocenters. The van der Waals surface area contributed by atoms with Crippen LogP contribution in [0, 0.1) is 10.1 Å². The van der Waals surface area contributed by atoms with E-state index in [1.54, 1.807) is 54.6 Å². The van der Waals surface area contributed by atoms with Crippen molar-refractivity contribution < 1.29 is 14.5 Å². The van der Waals surface area contributed by atoms with Gasteiger partial charge in [-0.05, 0) is 29.8 Å². The smallest absolute Gasteiger partial charge is 0.270 e. The van der Waals surface area contributed by atoms with E-state index in [1.165, 1.54) is 30.3 Å². The van der Waals surface area contributed by atoms with E-state index in [4.69, 9.17) is 0 Å². The van der Waals surface area contributed by atoms with Gasteiger partial charge in [0, 0.05) is 28.9 Å². The maximum absolute atomic E-state index is 12.3. The zero-order valence-electron chi connectivity index (χ0n) is 14.7. The van der Waals surface area contributed by atoms with Gasteiger partial charge < -0.3 is 5.32 Å². The van der Waals surface area contributed by atoms with Crippen LogP contribution in [0.5, 0.6) is 0 Å². The van der Waals surface area contributed by atoms with Crippen LogP contribution in [-0.4, -0.2) is 16.6 Å². The predicted molar refractivity (Wildman–Crippen MR) is 107 cm³/mol. The average Bonchev–Trinajstić information content (AvgIpc) is 2.73. The van der Waals surface area contributed by atoms with Gasteiger partial charge in [0.05, 0.1) is 4.92 Å². The van der Waals surface area contributed by atoms with Gasteiger partial charge in [-0.25, -0.2) is 0 Å². The third kappa shape index (κ3) is 4.76. The first-order valence-corrected chi connectivity index (χ1v) is 8.46. The molecule has 6 nitrogen and oxygen atoms in total. The zero-order chi connectivity index (χ0) is 19.9. The van der Waals surface area contributed by atoms with Crippen LogP contribution in [0.3, 0.4) is 0 Å². The minimum atomic E-state index is -0.550. The third-order valence-electron chi connectivity index (χ3n) is 3.95. The fraction of sp³-hybridized carbons (Fsp3) is 0. The zero-order valence-corrected chi connectivity index (χ0v) is 14.7. The van der Waals surface area contributed by atoms with Crippen molar-refractivity contribution in [2.75, 3.05) is 5.32 Å². The molecule has 1 N–H and O–H groups in total. The van der Waals surface area contributed by atoms with Gasteiger partial charge >= 0.3 is 0 Å². The van der Waals surface area contributed by atoms with Crippen LogP contribution in [0.15, 0.2) is 84.9 Å². The highest BCUT2D eigenvalue weighted by Gasteiger charge is 2.11. The van der Waals surface area contributed by atoms with Crippen LogP contribution in [0.25, 0.3) is 6.08 Å². The van der Waals surface area contributed by atoms with Crippen molar-refractivity contribution in [1.29, 1.82) is 0 Å². The Bertz CT molecular complexity index is 1060. The summed E-state index contributed by atoms with van der Waals surface area (Å²) in [6.07, 6.45) is 3.13. The SMILES string of the molecule is O=C(/C=C/c1cccc(NC(=O)c2cccc([N+](=O)[O-])c2)c1)c1ccccc1. The molecule has 3 aromatic carbocycles. The van der Waals surface area contributed by atoms with E-state index in [0.29, 0.717) is 11.3 Å². The first-order chi connectivity index (χ1) is 13.5. The van der Waals surface area contributed by atoms with Crippen molar-refractivity contribution in [3.63, 3.8) is 0 Å². The molecule has 0 unspecified atom stereocenters. The van der Waals surface area contributed by atoms with Crippen LogP contribution in [0.4, 0.5) is 11.4 Å². The fourth-order valence-electron chi connectivity index (χ4n) is 2.55. The number of nitrogens with one attached hydrogen (secondary N) is 1. The summed E-state index contributed by atoms with van der Waals surface area (Å²) in [6.45, 7) is 0. The number of benzene rings is 3. The Kier molecular flexibility index (Phi) is 5.72. The number of rotatable bonds is 6. The molecule has 3 aromatic rings. The van der Waals surface area contributed by atoms with Crippen LogP contribution in [0.2, 0.25) is 0 Å². The van der Waals surface area contributed by atoms with E-state index in [9.17, 15) is 19.7 Å². The van der Waals surface area contributed by atoms with Crippen molar-refractivity contribution in [2.45, 2.75) is 0 Å². The maximum atomic E-state index is 12.3. The molecule has 1 amide bonds. The van der Waals surface area contributed by atoms with Crippen molar-refractivity contribution in [2.24, 2.45) is 0 Å². The molecule has 0 aromatic heterocycles. The largest absolute Gasteiger partial charge is 0.322 e. The van der Waals surface area contributed by atoms with Gasteiger partial charge in [0.15, 0.2) is 5.78 Å². The Morgan fingerprint density at radius 1 is 0.857 bits per heavy atom.